The molecule has 0 saturated carbocycles. The summed E-state index contributed by atoms with van der Waals surface area (Å²) in [5.74, 6) is 0.252. The maximum absolute atomic E-state index is 12.9. The Morgan fingerprint density at radius 1 is 1.21 bits per heavy atom. The number of fused-ring (bicyclic) bond motifs is 1. The van der Waals surface area contributed by atoms with E-state index in [1.807, 2.05) is 17.2 Å². The first-order valence-electron chi connectivity index (χ1n) is 6.89. The predicted molar refractivity (Wildman–Crippen MR) is 78.1 cm³/mol. The zero-order chi connectivity index (χ0) is 14.4. The number of carbonyl (C=O) groups excluding carboxylic acids is 1. The second-order valence-corrected chi connectivity index (χ2v) is 7.47. The normalized spacial score (nSPS) is 20.4. The second kappa shape index (κ2) is 4.32. The number of hydrogen-bond donors (Lipinski definition) is 0. The molecular formula is C16H24N2O. The van der Waals surface area contributed by atoms with Crippen molar-refractivity contribution in [3.05, 3.63) is 24.0 Å². The SMILES string of the molecule is CC(C)(C)C1Cc2cnccc2N(C(C)(C)C)C1=O. The topological polar surface area (TPSA) is 33.2 Å². The number of hydrogen-bond acceptors (Lipinski definition) is 2. The summed E-state index contributed by atoms with van der Waals surface area (Å²) in [6.07, 6.45) is 4.46. The average molecular weight is 260 g/mol. The third kappa shape index (κ3) is 2.51. The van der Waals surface area contributed by atoms with Gasteiger partial charge in [-0.3, -0.25) is 9.78 Å². The summed E-state index contributed by atoms with van der Waals surface area (Å²) in [4.78, 5) is 19.1. The van der Waals surface area contributed by atoms with E-state index < -0.39 is 0 Å². The first-order valence-corrected chi connectivity index (χ1v) is 6.89. The van der Waals surface area contributed by atoms with Gasteiger partial charge in [0.15, 0.2) is 0 Å². The molecule has 0 spiro atoms. The third-order valence-electron chi connectivity index (χ3n) is 3.78. The first kappa shape index (κ1) is 14.0. The highest BCUT2D eigenvalue weighted by Crippen LogP contribution is 2.41. The quantitative estimate of drug-likeness (QED) is 0.716. The lowest BCUT2D eigenvalue weighted by atomic mass is 9.73. The molecule has 1 aromatic rings. The van der Waals surface area contributed by atoms with Gasteiger partial charge >= 0.3 is 0 Å². The Labute approximate surface area is 116 Å². The lowest BCUT2D eigenvalue weighted by molar-refractivity contribution is -0.127. The van der Waals surface area contributed by atoms with Crippen molar-refractivity contribution < 1.29 is 4.79 Å². The maximum Gasteiger partial charge on any atom is 0.231 e. The van der Waals surface area contributed by atoms with Crippen molar-refractivity contribution in [2.75, 3.05) is 4.90 Å². The highest BCUT2D eigenvalue weighted by atomic mass is 16.2. The third-order valence-corrected chi connectivity index (χ3v) is 3.78. The minimum absolute atomic E-state index is 0.0171. The standard InChI is InChI=1S/C16H24N2O/c1-15(2,3)12-9-11-10-17-8-7-13(11)18(14(12)19)16(4,5)6/h7-8,10,12H,9H2,1-6H3. The van der Waals surface area contributed by atoms with E-state index in [4.69, 9.17) is 0 Å². The molecule has 2 rings (SSSR count). The molecule has 0 aliphatic carbocycles. The van der Waals surface area contributed by atoms with E-state index in [-0.39, 0.29) is 22.8 Å². The molecule has 0 radical (unpaired) electrons. The summed E-state index contributed by atoms with van der Waals surface area (Å²) in [5, 5.41) is 0. The number of nitrogens with zero attached hydrogens (tertiary/aromatic N) is 2. The van der Waals surface area contributed by atoms with Crippen LogP contribution in [-0.2, 0) is 11.2 Å². The van der Waals surface area contributed by atoms with Gasteiger partial charge in [0.25, 0.3) is 0 Å². The Morgan fingerprint density at radius 3 is 2.37 bits per heavy atom. The number of carbonyl (C=O) groups is 1. The molecule has 0 bridgehead atoms. The van der Waals surface area contributed by atoms with Gasteiger partial charge in [-0.2, -0.15) is 0 Å². The lowest BCUT2D eigenvalue weighted by Crippen LogP contribution is -2.54. The molecule has 0 aromatic carbocycles. The number of rotatable bonds is 0. The molecule has 0 fully saturated rings. The maximum atomic E-state index is 12.9. The second-order valence-electron chi connectivity index (χ2n) is 7.47. The van der Waals surface area contributed by atoms with Crippen LogP contribution in [0.4, 0.5) is 5.69 Å². The van der Waals surface area contributed by atoms with Crippen molar-refractivity contribution >= 4 is 11.6 Å². The van der Waals surface area contributed by atoms with Gasteiger partial charge in [-0.1, -0.05) is 20.8 Å². The molecule has 0 saturated heterocycles. The van der Waals surface area contributed by atoms with Crippen molar-refractivity contribution in [2.45, 2.75) is 53.5 Å². The van der Waals surface area contributed by atoms with Crippen LogP contribution in [0.3, 0.4) is 0 Å². The Balaban J connectivity index is 2.56. The molecule has 1 aliphatic heterocycles. The van der Waals surface area contributed by atoms with E-state index >= 15 is 0 Å². The van der Waals surface area contributed by atoms with Crippen LogP contribution in [0.5, 0.6) is 0 Å². The Morgan fingerprint density at radius 2 is 1.84 bits per heavy atom. The molecule has 1 unspecified atom stereocenters. The van der Waals surface area contributed by atoms with E-state index in [1.165, 1.54) is 5.56 Å². The molecule has 1 amide bonds. The smallest absolute Gasteiger partial charge is 0.231 e. The summed E-state index contributed by atoms with van der Waals surface area (Å²) in [5.41, 5.74) is 1.95. The van der Waals surface area contributed by atoms with Crippen LogP contribution in [0, 0.1) is 11.3 Å². The number of anilines is 1. The van der Waals surface area contributed by atoms with Crippen LogP contribution in [0.15, 0.2) is 18.5 Å². The van der Waals surface area contributed by atoms with Crippen molar-refractivity contribution in [3.8, 4) is 0 Å². The van der Waals surface area contributed by atoms with Crippen molar-refractivity contribution in [2.24, 2.45) is 11.3 Å². The predicted octanol–water partition coefficient (Wildman–Crippen LogP) is 3.43. The average Bonchev–Trinajstić information content (AvgIpc) is 2.24. The van der Waals surface area contributed by atoms with Gasteiger partial charge in [0.1, 0.15) is 0 Å². The Hall–Kier alpha value is -1.38. The van der Waals surface area contributed by atoms with E-state index in [1.54, 1.807) is 6.20 Å². The van der Waals surface area contributed by atoms with Crippen LogP contribution in [-0.4, -0.2) is 16.4 Å². The fourth-order valence-corrected chi connectivity index (χ4v) is 2.75. The fourth-order valence-electron chi connectivity index (χ4n) is 2.75. The molecule has 1 aromatic heterocycles. The van der Waals surface area contributed by atoms with Gasteiger partial charge in [-0.15, -0.1) is 0 Å². The largest absolute Gasteiger partial charge is 0.307 e. The van der Waals surface area contributed by atoms with Gasteiger partial charge in [-0.25, -0.2) is 0 Å². The summed E-state index contributed by atoms with van der Waals surface area (Å²) < 4.78 is 0. The van der Waals surface area contributed by atoms with E-state index in [0.29, 0.717) is 0 Å². The van der Waals surface area contributed by atoms with Crippen LogP contribution < -0.4 is 4.90 Å². The monoisotopic (exact) mass is 260 g/mol. The highest BCUT2D eigenvalue weighted by Gasteiger charge is 2.43. The van der Waals surface area contributed by atoms with Crippen LogP contribution in [0.1, 0.15) is 47.1 Å². The van der Waals surface area contributed by atoms with Gasteiger partial charge in [0.05, 0.1) is 5.69 Å². The summed E-state index contributed by atoms with van der Waals surface area (Å²) in [7, 11) is 0. The van der Waals surface area contributed by atoms with Crippen molar-refractivity contribution in [1.82, 2.24) is 4.98 Å². The number of pyridine rings is 1. The number of amides is 1. The van der Waals surface area contributed by atoms with Crippen LogP contribution in [0.25, 0.3) is 0 Å². The molecule has 1 atom stereocenters. The summed E-state index contributed by atoms with van der Waals surface area (Å²) >= 11 is 0. The Bertz CT molecular complexity index is 494. The minimum atomic E-state index is -0.211. The van der Waals surface area contributed by atoms with Gasteiger partial charge in [-0.05, 0) is 44.2 Å². The minimum Gasteiger partial charge on any atom is -0.307 e. The van der Waals surface area contributed by atoms with Crippen molar-refractivity contribution in [3.63, 3.8) is 0 Å². The number of aromatic nitrogens is 1. The molecule has 2 heterocycles. The summed E-state index contributed by atoms with van der Waals surface area (Å²) in [6, 6.07) is 1.96. The molecule has 1 aliphatic rings. The van der Waals surface area contributed by atoms with Crippen LogP contribution in [0.2, 0.25) is 0 Å². The molecule has 19 heavy (non-hydrogen) atoms. The molecule has 3 heteroatoms. The van der Waals surface area contributed by atoms with E-state index in [9.17, 15) is 4.79 Å². The van der Waals surface area contributed by atoms with Crippen LogP contribution >= 0.6 is 0 Å². The van der Waals surface area contributed by atoms with E-state index in [0.717, 1.165) is 12.1 Å². The Kier molecular flexibility index (Phi) is 3.20. The van der Waals surface area contributed by atoms with Gasteiger partial charge < -0.3 is 4.90 Å². The van der Waals surface area contributed by atoms with Gasteiger partial charge in [0, 0.05) is 23.9 Å². The molecular weight excluding hydrogens is 236 g/mol. The van der Waals surface area contributed by atoms with E-state index in [2.05, 4.69) is 46.5 Å². The first-order chi connectivity index (χ1) is 8.62. The zero-order valence-electron chi connectivity index (χ0n) is 12.8. The highest BCUT2D eigenvalue weighted by molar-refractivity contribution is 5.99. The zero-order valence-corrected chi connectivity index (χ0v) is 12.8. The van der Waals surface area contributed by atoms with Gasteiger partial charge in [0.2, 0.25) is 5.91 Å². The van der Waals surface area contributed by atoms with Crippen molar-refractivity contribution in [1.29, 1.82) is 0 Å². The molecule has 0 N–H and O–H groups in total. The molecule has 3 nitrogen and oxygen atoms in total. The summed E-state index contributed by atoms with van der Waals surface area (Å²) in [6.45, 7) is 12.7. The fraction of sp³-hybridized carbons (Fsp3) is 0.625. The lowest BCUT2D eigenvalue weighted by Gasteiger charge is -2.45. The molecule has 104 valence electrons.